The number of hydrogen-bond acceptors (Lipinski definition) is 10. The number of piperidine rings is 6. The summed E-state index contributed by atoms with van der Waals surface area (Å²) in [6, 6.07) is 16.0. The van der Waals surface area contributed by atoms with Gasteiger partial charge in [-0.25, -0.2) is 0 Å². The van der Waals surface area contributed by atoms with Crippen molar-refractivity contribution in [3.63, 3.8) is 0 Å². The van der Waals surface area contributed by atoms with Gasteiger partial charge in [0.1, 0.15) is 23.7 Å². The van der Waals surface area contributed by atoms with Gasteiger partial charge in [0.05, 0.1) is 37.3 Å². The van der Waals surface area contributed by atoms with Gasteiger partial charge in [-0.2, -0.15) is 0 Å². The molecule has 0 radical (unpaired) electrons. The van der Waals surface area contributed by atoms with E-state index in [-0.39, 0.29) is 24.0 Å². The van der Waals surface area contributed by atoms with E-state index in [0.29, 0.717) is 36.5 Å². The minimum absolute atomic E-state index is 0.0969. The molecule has 2 aromatic carbocycles. The molecule has 10 atom stereocenters. The maximum Gasteiger partial charge on any atom is 0.306 e. The summed E-state index contributed by atoms with van der Waals surface area (Å²) in [7, 11) is 3.33. The Kier molecular flexibility index (Phi) is 12.9. The number of benzene rings is 2. The quantitative estimate of drug-likeness (QED) is 0.0550. The predicted molar refractivity (Wildman–Crippen MR) is 230 cm³/mol. The van der Waals surface area contributed by atoms with Crippen LogP contribution in [-0.2, 0) is 19.1 Å². The zero-order valence-electron chi connectivity index (χ0n) is 34.8. The van der Waals surface area contributed by atoms with Gasteiger partial charge in [-0.3, -0.25) is 29.4 Å². The number of rotatable bonds is 18. The summed E-state index contributed by atoms with van der Waals surface area (Å²) < 4.78 is 24.1. The van der Waals surface area contributed by atoms with E-state index < -0.39 is 12.2 Å². The molecule has 6 aliphatic heterocycles. The van der Waals surface area contributed by atoms with Crippen molar-refractivity contribution in [2.45, 2.75) is 94.9 Å². The zero-order chi connectivity index (χ0) is 40.9. The highest BCUT2D eigenvalue weighted by atomic mass is 16.5. The smallest absolute Gasteiger partial charge is 0.306 e. The van der Waals surface area contributed by atoms with Crippen LogP contribution in [-0.4, -0.2) is 84.2 Å². The van der Waals surface area contributed by atoms with Crippen molar-refractivity contribution in [3.05, 3.63) is 97.4 Å². The highest BCUT2D eigenvalue weighted by molar-refractivity contribution is 5.85. The number of carbonyl (C=O) groups is 2. The molecule has 2 unspecified atom stereocenters. The Bertz CT molecular complexity index is 1990. The summed E-state index contributed by atoms with van der Waals surface area (Å²) in [4.78, 5) is 41.4. The number of methoxy groups -OCH3 is 2. The van der Waals surface area contributed by atoms with Crippen molar-refractivity contribution < 1.29 is 28.5 Å². The van der Waals surface area contributed by atoms with E-state index >= 15 is 0 Å². The molecular formula is C49H60N4O6. The van der Waals surface area contributed by atoms with Gasteiger partial charge in [-0.1, -0.05) is 31.4 Å². The summed E-state index contributed by atoms with van der Waals surface area (Å²) in [5.74, 6) is 3.18. The molecule has 0 saturated carbocycles. The summed E-state index contributed by atoms with van der Waals surface area (Å²) in [6.45, 7) is 12.1. The minimum atomic E-state index is -0.403. The molecule has 312 valence electrons. The van der Waals surface area contributed by atoms with E-state index in [2.05, 4.69) is 45.1 Å². The van der Waals surface area contributed by atoms with Crippen LogP contribution in [0.2, 0.25) is 0 Å². The molecule has 0 N–H and O–H groups in total. The lowest BCUT2D eigenvalue weighted by Crippen LogP contribution is -2.55. The van der Waals surface area contributed by atoms with E-state index in [1.807, 2.05) is 60.9 Å². The molecule has 6 aliphatic rings. The number of unbranched alkanes of at least 4 members (excludes halogenated alkanes) is 4. The Labute approximate surface area is 348 Å². The number of aromatic nitrogens is 2. The maximum absolute atomic E-state index is 13.6. The fourth-order valence-electron chi connectivity index (χ4n) is 10.6. The van der Waals surface area contributed by atoms with Gasteiger partial charge in [0.25, 0.3) is 0 Å². The van der Waals surface area contributed by atoms with E-state index in [1.54, 1.807) is 14.2 Å². The number of fused-ring (bicyclic) bond motifs is 8. The van der Waals surface area contributed by atoms with E-state index in [9.17, 15) is 9.59 Å². The first-order valence-corrected chi connectivity index (χ1v) is 21.8. The van der Waals surface area contributed by atoms with Crippen LogP contribution in [0.3, 0.4) is 0 Å². The van der Waals surface area contributed by atoms with Crippen molar-refractivity contribution in [1.82, 2.24) is 19.8 Å². The standard InChI is InChI=1S/C49H60N4O6/c1-5-32-30-52-24-20-34(32)26-44(52)48(38-18-22-50-42-16-14-36(56-3)28-40(38)42)58-46(54)12-10-8-7-9-11-13-47(55)59-49(45-27-35-21-25-53(45)31-33(35)6-2)39-19-23-51-43-17-15-37(57-4)29-41(39)43/h5-6,14-19,22-23,28-29,32-35,44-45,48-49H,1-2,7-13,20-21,24-27,30-31H2,3-4H3/t32-,33-,34-,35-,44+,45+,48-,49-/m0/s1. The first kappa shape index (κ1) is 41.0. The Hall–Kier alpha value is -4.80. The fourth-order valence-corrected chi connectivity index (χ4v) is 10.6. The van der Waals surface area contributed by atoms with Gasteiger partial charge in [0.2, 0.25) is 0 Å². The molecule has 6 saturated heterocycles. The van der Waals surface area contributed by atoms with Crippen molar-refractivity contribution in [2.75, 3.05) is 40.4 Å². The van der Waals surface area contributed by atoms with Crippen LogP contribution in [0.4, 0.5) is 0 Å². The van der Waals surface area contributed by atoms with E-state index in [4.69, 9.17) is 18.9 Å². The largest absolute Gasteiger partial charge is 0.497 e. The number of nitrogens with zero attached hydrogens (tertiary/aromatic N) is 4. The minimum Gasteiger partial charge on any atom is -0.497 e. The summed E-state index contributed by atoms with van der Waals surface area (Å²) in [5, 5.41) is 1.91. The Balaban J connectivity index is 0.862. The van der Waals surface area contributed by atoms with Crippen molar-refractivity contribution in [1.29, 1.82) is 0 Å². The van der Waals surface area contributed by atoms with E-state index in [0.717, 1.165) is 128 Å². The molecule has 4 aromatic rings. The van der Waals surface area contributed by atoms with Gasteiger partial charge < -0.3 is 18.9 Å². The third-order valence-corrected chi connectivity index (χ3v) is 13.9. The van der Waals surface area contributed by atoms with Crippen molar-refractivity contribution in [3.8, 4) is 11.5 Å². The van der Waals surface area contributed by atoms with Gasteiger partial charge in [0, 0.05) is 60.2 Å². The Morgan fingerprint density at radius 2 is 1.12 bits per heavy atom. The van der Waals surface area contributed by atoms with Crippen molar-refractivity contribution in [2.24, 2.45) is 23.7 Å². The molecule has 6 fully saturated rings. The van der Waals surface area contributed by atoms with Crippen LogP contribution in [0.25, 0.3) is 21.8 Å². The van der Waals surface area contributed by atoms with Crippen LogP contribution in [0, 0.1) is 23.7 Å². The second-order valence-electron chi connectivity index (χ2n) is 17.1. The third kappa shape index (κ3) is 8.90. The lowest BCUT2D eigenvalue weighted by molar-refractivity contribution is -0.158. The van der Waals surface area contributed by atoms with Crippen LogP contribution < -0.4 is 9.47 Å². The maximum atomic E-state index is 13.6. The lowest BCUT2D eigenvalue weighted by Gasteiger charge is -2.51. The number of ether oxygens (including phenoxy) is 4. The zero-order valence-corrected chi connectivity index (χ0v) is 34.8. The number of hydrogen-bond donors (Lipinski definition) is 0. The van der Waals surface area contributed by atoms with Gasteiger partial charge in [0.15, 0.2) is 0 Å². The predicted octanol–water partition coefficient (Wildman–Crippen LogP) is 9.19. The van der Waals surface area contributed by atoms with Gasteiger partial charge in [-0.05, 0) is 124 Å². The van der Waals surface area contributed by atoms with Crippen LogP contribution in [0.15, 0.2) is 86.2 Å². The number of esters is 2. The molecule has 0 aliphatic carbocycles. The Morgan fingerprint density at radius 1 is 0.678 bits per heavy atom. The van der Waals surface area contributed by atoms with Crippen LogP contribution >= 0.6 is 0 Å². The SMILES string of the molecule is C=C[C@H]1CN2CC[C@H]1C[C@@H]2[C@@H](OC(=O)CCCCCCCC(=O)O[C@@H](c1ccnc2ccc(OC)cc12)[C@H]1C[C@@H]2CCN1C[C@@H]2C=C)c1ccnc2ccc(OC)cc12. The highest BCUT2D eigenvalue weighted by Gasteiger charge is 2.45. The van der Waals surface area contributed by atoms with Gasteiger partial charge in [-0.15, -0.1) is 13.2 Å². The average Bonchev–Trinajstić information content (AvgIpc) is 3.29. The first-order valence-electron chi connectivity index (χ1n) is 21.8. The molecule has 2 aromatic heterocycles. The van der Waals surface area contributed by atoms with Crippen LogP contribution in [0.5, 0.6) is 11.5 Å². The third-order valence-electron chi connectivity index (χ3n) is 13.9. The molecule has 4 bridgehead atoms. The lowest BCUT2D eigenvalue weighted by atomic mass is 9.73. The monoisotopic (exact) mass is 800 g/mol. The van der Waals surface area contributed by atoms with Gasteiger partial charge >= 0.3 is 11.9 Å². The van der Waals surface area contributed by atoms with E-state index in [1.165, 1.54) is 0 Å². The number of carbonyl (C=O) groups excluding carboxylic acids is 2. The Morgan fingerprint density at radius 3 is 1.51 bits per heavy atom. The molecule has 59 heavy (non-hydrogen) atoms. The first-order chi connectivity index (χ1) is 28.9. The average molecular weight is 801 g/mol. The second-order valence-corrected chi connectivity index (χ2v) is 17.1. The molecule has 10 heteroatoms. The molecule has 10 nitrogen and oxygen atoms in total. The normalized spacial score (nSPS) is 26.9. The summed E-state index contributed by atoms with van der Waals surface area (Å²) >= 11 is 0. The molecule has 0 spiro atoms. The van der Waals surface area contributed by atoms with Crippen molar-refractivity contribution >= 4 is 33.7 Å². The number of pyridine rings is 2. The molecule has 10 rings (SSSR count). The highest BCUT2D eigenvalue weighted by Crippen LogP contribution is 2.45. The summed E-state index contributed by atoms with van der Waals surface area (Å²) in [5.41, 5.74) is 3.68. The fraction of sp³-hybridized carbons (Fsp3) is 0.510. The molecule has 8 heterocycles. The topological polar surface area (TPSA) is 103 Å². The molecular weight excluding hydrogens is 741 g/mol. The molecule has 0 amide bonds. The van der Waals surface area contributed by atoms with Crippen LogP contribution in [0.1, 0.15) is 94.0 Å². The second kappa shape index (κ2) is 18.6. The summed E-state index contributed by atoms with van der Waals surface area (Å²) in [6.07, 6.45) is 16.1.